The lowest BCUT2D eigenvalue weighted by atomic mass is 9.80. The number of amides is 1. The molecule has 0 spiro atoms. The lowest BCUT2D eigenvalue weighted by Crippen LogP contribution is -2.50. The Balaban J connectivity index is 2.24. The molecule has 1 aliphatic rings. The van der Waals surface area contributed by atoms with Crippen molar-refractivity contribution in [3.05, 3.63) is 0 Å². The van der Waals surface area contributed by atoms with Crippen LogP contribution >= 0.6 is 0 Å². The van der Waals surface area contributed by atoms with E-state index in [1.807, 2.05) is 13.8 Å². The minimum absolute atomic E-state index is 0.0320. The van der Waals surface area contributed by atoms with Gasteiger partial charge in [-0.05, 0) is 25.2 Å². The van der Waals surface area contributed by atoms with Gasteiger partial charge >= 0.3 is 0 Å². The van der Waals surface area contributed by atoms with Crippen LogP contribution in [-0.4, -0.2) is 31.2 Å². The van der Waals surface area contributed by atoms with E-state index in [1.54, 1.807) is 7.11 Å². The van der Waals surface area contributed by atoms with Crippen molar-refractivity contribution in [2.75, 3.05) is 13.7 Å². The van der Waals surface area contributed by atoms with Crippen LogP contribution in [0.1, 0.15) is 39.5 Å². The molecular formula is C12H24N2O2. The summed E-state index contributed by atoms with van der Waals surface area (Å²) in [5.41, 5.74) is 5.74. The van der Waals surface area contributed by atoms with Crippen molar-refractivity contribution in [1.29, 1.82) is 0 Å². The summed E-state index contributed by atoms with van der Waals surface area (Å²) in [4.78, 5) is 11.6. The highest BCUT2D eigenvalue weighted by Crippen LogP contribution is 2.34. The normalized spacial score (nSPS) is 20.3. The van der Waals surface area contributed by atoms with Crippen LogP contribution in [0.3, 0.4) is 0 Å². The third-order valence-electron chi connectivity index (χ3n) is 3.58. The zero-order chi connectivity index (χ0) is 12.2. The Morgan fingerprint density at radius 3 is 2.50 bits per heavy atom. The second kappa shape index (κ2) is 5.64. The van der Waals surface area contributed by atoms with Gasteiger partial charge in [0.15, 0.2) is 0 Å². The van der Waals surface area contributed by atoms with E-state index in [4.69, 9.17) is 10.5 Å². The molecule has 1 rings (SSSR count). The molecule has 1 unspecified atom stereocenters. The number of hydrogen-bond acceptors (Lipinski definition) is 3. The first-order chi connectivity index (χ1) is 7.49. The number of hydrogen-bond donors (Lipinski definition) is 2. The first-order valence-corrected chi connectivity index (χ1v) is 6.06. The molecule has 0 aliphatic heterocycles. The first kappa shape index (κ1) is 13.5. The van der Waals surface area contributed by atoms with Crippen LogP contribution < -0.4 is 11.1 Å². The van der Waals surface area contributed by atoms with Gasteiger partial charge in [0.05, 0.1) is 5.60 Å². The van der Waals surface area contributed by atoms with Gasteiger partial charge in [-0.3, -0.25) is 4.79 Å². The molecule has 0 bridgehead atoms. The summed E-state index contributed by atoms with van der Waals surface area (Å²) in [5, 5.41) is 2.92. The summed E-state index contributed by atoms with van der Waals surface area (Å²) < 4.78 is 5.43. The number of methoxy groups -OCH3 is 1. The maximum Gasteiger partial charge on any atom is 0.221 e. The molecule has 94 valence electrons. The molecule has 16 heavy (non-hydrogen) atoms. The van der Waals surface area contributed by atoms with Gasteiger partial charge in [-0.15, -0.1) is 0 Å². The smallest absolute Gasteiger partial charge is 0.221 e. The number of carbonyl (C=O) groups excluding carboxylic acids is 1. The summed E-state index contributed by atoms with van der Waals surface area (Å²) in [6.07, 6.45) is 3.67. The molecule has 0 radical (unpaired) electrons. The minimum Gasteiger partial charge on any atom is -0.376 e. The largest absolute Gasteiger partial charge is 0.376 e. The van der Waals surface area contributed by atoms with Crippen molar-refractivity contribution in [3.63, 3.8) is 0 Å². The highest BCUT2D eigenvalue weighted by atomic mass is 16.5. The minimum atomic E-state index is -0.0996. The molecule has 0 saturated heterocycles. The van der Waals surface area contributed by atoms with E-state index < -0.39 is 0 Å². The van der Waals surface area contributed by atoms with E-state index in [-0.39, 0.29) is 17.6 Å². The number of nitrogens with one attached hydrogen (secondary N) is 1. The van der Waals surface area contributed by atoms with Crippen LogP contribution in [-0.2, 0) is 9.53 Å². The third-order valence-corrected chi connectivity index (χ3v) is 3.58. The molecule has 1 saturated carbocycles. The Morgan fingerprint density at radius 2 is 2.12 bits per heavy atom. The molecule has 3 N–H and O–H groups in total. The lowest BCUT2D eigenvalue weighted by molar-refractivity contribution is -0.125. The zero-order valence-electron chi connectivity index (χ0n) is 10.6. The Bertz CT molecular complexity index is 232. The van der Waals surface area contributed by atoms with Crippen LogP contribution in [0.5, 0.6) is 0 Å². The molecule has 0 aromatic rings. The predicted octanol–water partition coefficient (Wildman–Crippen LogP) is 1.05. The van der Waals surface area contributed by atoms with Gasteiger partial charge in [0, 0.05) is 26.1 Å². The van der Waals surface area contributed by atoms with Gasteiger partial charge in [0.25, 0.3) is 0 Å². The van der Waals surface area contributed by atoms with Crippen molar-refractivity contribution in [1.82, 2.24) is 5.32 Å². The Kier molecular flexibility index (Phi) is 4.74. The van der Waals surface area contributed by atoms with Gasteiger partial charge < -0.3 is 15.8 Å². The highest BCUT2D eigenvalue weighted by Gasteiger charge is 2.37. The van der Waals surface area contributed by atoms with Crippen LogP contribution in [0.25, 0.3) is 0 Å². The maximum absolute atomic E-state index is 11.6. The van der Waals surface area contributed by atoms with Crippen LogP contribution in [0.4, 0.5) is 0 Å². The molecule has 0 aromatic carbocycles. The highest BCUT2D eigenvalue weighted by molar-refractivity contribution is 5.76. The zero-order valence-corrected chi connectivity index (χ0v) is 10.6. The summed E-state index contributed by atoms with van der Waals surface area (Å²) in [6, 6.07) is -0.0557. The van der Waals surface area contributed by atoms with Gasteiger partial charge in [-0.1, -0.05) is 13.8 Å². The number of nitrogens with two attached hydrogens (primary N) is 1. The van der Waals surface area contributed by atoms with Gasteiger partial charge in [-0.25, -0.2) is 0 Å². The van der Waals surface area contributed by atoms with E-state index in [1.165, 1.54) is 6.42 Å². The molecule has 0 heterocycles. The Hall–Kier alpha value is -0.610. The molecule has 1 aliphatic carbocycles. The Labute approximate surface area is 97.9 Å². The summed E-state index contributed by atoms with van der Waals surface area (Å²) in [7, 11) is 1.71. The second-order valence-corrected chi connectivity index (χ2v) is 5.13. The van der Waals surface area contributed by atoms with Crippen LogP contribution in [0, 0.1) is 5.92 Å². The molecule has 4 heteroatoms. The average molecular weight is 228 g/mol. The van der Waals surface area contributed by atoms with E-state index in [0.717, 1.165) is 12.8 Å². The van der Waals surface area contributed by atoms with Gasteiger partial charge in [0.1, 0.15) is 0 Å². The van der Waals surface area contributed by atoms with E-state index in [2.05, 4.69) is 5.32 Å². The van der Waals surface area contributed by atoms with Crippen molar-refractivity contribution >= 4 is 5.91 Å². The summed E-state index contributed by atoms with van der Waals surface area (Å²) in [5.74, 6) is 0.371. The van der Waals surface area contributed by atoms with Gasteiger partial charge in [-0.2, -0.15) is 0 Å². The number of rotatable bonds is 6. The molecule has 4 nitrogen and oxygen atoms in total. The predicted molar refractivity (Wildman–Crippen MR) is 64.0 cm³/mol. The fourth-order valence-corrected chi connectivity index (χ4v) is 1.81. The Morgan fingerprint density at radius 1 is 1.50 bits per heavy atom. The van der Waals surface area contributed by atoms with Crippen molar-refractivity contribution in [3.8, 4) is 0 Å². The molecule has 0 aromatic heterocycles. The summed E-state index contributed by atoms with van der Waals surface area (Å²) in [6.45, 7) is 4.67. The number of carbonyl (C=O) groups is 1. The standard InChI is InChI=1S/C12H24N2O2/c1-9(2)10(13)7-11(15)14-8-12(16-3)5-4-6-12/h9-10H,4-8,13H2,1-3H3,(H,14,15). The molecule has 1 fully saturated rings. The van der Waals surface area contributed by atoms with Crippen molar-refractivity contribution in [2.24, 2.45) is 11.7 Å². The monoisotopic (exact) mass is 228 g/mol. The molecule has 1 amide bonds. The fourth-order valence-electron chi connectivity index (χ4n) is 1.81. The van der Waals surface area contributed by atoms with E-state index in [0.29, 0.717) is 18.9 Å². The lowest BCUT2D eigenvalue weighted by Gasteiger charge is -2.40. The summed E-state index contributed by atoms with van der Waals surface area (Å²) >= 11 is 0. The molecular weight excluding hydrogens is 204 g/mol. The average Bonchev–Trinajstić information content (AvgIpc) is 2.16. The maximum atomic E-state index is 11.6. The quantitative estimate of drug-likeness (QED) is 0.714. The SMILES string of the molecule is COC1(CNC(=O)CC(N)C(C)C)CCC1. The van der Waals surface area contributed by atoms with Gasteiger partial charge in [0.2, 0.25) is 5.91 Å². The van der Waals surface area contributed by atoms with Crippen LogP contribution in [0.2, 0.25) is 0 Å². The van der Waals surface area contributed by atoms with Crippen molar-refractivity contribution in [2.45, 2.75) is 51.2 Å². The van der Waals surface area contributed by atoms with E-state index in [9.17, 15) is 4.79 Å². The topological polar surface area (TPSA) is 64.3 Å². The van der Waals surface area contributed by atoms with Crippen molar-refractivity contribution < 1.29 is 9.53 Å². The van der Waals surface area contributed by atoms with E-state index >= 15 is 0 Å². The second-order valence-electron chi connectivity index (χ2n) is 5.13. The third kappa shape index (κ3) is 3.46. The number of ether oxygens (including phenoxy) is 1. The molecule has 1 atom stereocenters. The fraction of sp³-hybridized carbons (Fsp3) is 0.917. The van der Waals surface area contributed by atoms with Crippen LogP contribution in [0.15, 0.2) is 0 Å². The first-order valence-electron chi connectivity index (χ1n) is 6.06.